The van der Waals surface area contributed by atoms with Crippen LogP contribution < -0.4 is 9.47 Å². The van der Waals surface area contributed by atoms with E-state index in [1.807, 2.05) is 0 Å². The molecule has 10 heteroatoms. The summed E-state index contributed by atoms with van der Waals surface area (Å²) in [5.74, 6) is 0.289. The first-order valence-corrected chi connectivity index (χ1v) is 9.36. The number of aliphatic carboxylic acids is 1. The number of aromatic hydroxyl groups is 1. The van der Waals surface area contributed by atoms with Gasteiger partial charge in [0.05, 0.1) is 14.2 Å². The predicted octanol–water partition coefficient (Wildman–Crippen LogP) is 4.07. The van der Waals surface area contributed by atoms with Gasteiger partial charge in [0.1, 0.15) is 22.2 Å². The number of aromatic amines is 1. The zero-order chi connectivity index (χ0) is 21.0. The Labute approximate surface area is 175 Å². The largest absolute Gasteiger partial charge is 0.507 e. The van der Waals surface area contributed by atoms with Gasteiger partial charge in [-0.1, -0.05) is 11.6 Å². The summed E-state index contributed by atoms with van der Waals surface area (Å²) >= 11 is 6.75. The SMILES string of the molecule is COc1cc(OC)cc(-c2nc(S/C(=C\c3cc(Cl)ccc3O)C(=O)O)n[nH]2)c1. The van der Waals surface area contributed by atoms with Gasteiger partial charge in [-0.05, 0) is 48.2 Å². The van der Waals surface area contributed by atoms with Crippen LogP contribution in [0.5, 0.6) is 17.2 Å². The van der Waals surface area contributed by atoms with E-state index >= 15 is 0 Å². The molecule has 3 aromatic rings. The van der Waals surface area contributed by atoms with E-state index in [-0.39, 0.29) is 21.4 Å². The third-order valence-electron chi connectivity index (χ3n) is 3.78. The van der Waals surface area contributed by atoms with Crippen molar-refractivity contribution in [3.8, 4) is 28.6 Å². The lowest BCUT2D eigenvalue weighted by Gasteiger charge is -2.06. The highest BCUT2D eigenvalue weighted by molar-refractivity contribution is 8.04. The fourth-order valence-electron chi connectivity index (χ4n) is 2.38. The molecule has 0 spiro atoms. The number of benzene rings is 2. The molecule has 0 aliphatic carbocycles. The number of thioether (sulfide) groups is 1. The molecule has 0 radical (unpaired) electrons. The Bertz CT molecular complexity index is 1060. The van der Waals surface area contributed by atoms with Gasteiger partial charge in [-0.15, -0.1) is 5.10 Å². The standard InChI is InChI=1S/C19H16ClN3O5S/c1-27-13-6-11(7-14(9-13)28-2)17-21-19(23-22-17)29-16(18(25)26)8-10-5-12(20)3-4-15(10)24/h3-9,24H,1-2H3,(H,25,26)(H,21,22,23)/b16-8-. The maximum atomic E-state index is 11.6. The molecule has 29 heavy (non-hydrogen) atoms. The molecule has 8 nitrogen and oxygen atoms in total. The summed E-state index contributed by atoms with van der Waals surface area (Å²) in [4.78, 5) is 15.9. The minimum absolute atomic E-state index is 0.0867. The Kier molecular flexibility index (Phi) is 6.30. The van der Waals surface area contributed by atoms with Crippen LogP contribution in [0.3, 0.4) is 0 Å². The Morgan fingerprint density at radius 2 is 1.86 bits per heavy atom. The highest BCUT2D eigenvalue weighted by atomic mass is 35.5. The molecular formula is C19H16ClN3O5S. The molecule has 0 saturated heterocycles. The average molecular weight is 434 g/mol. The second-order valence-corrected chi connectivity index (χ2v) is 7.13. The Hall–Kier alpha value is -3.17. The third kappa shape index (κ3) is 5.01. The van der Waals surface area contributed by atoms with E-state index in [0.717, 1.165) is 11.8 Å². The number of rotatable bonds is 7. The highest BCUT2D eigenvalue weighted by Gasteiger charge is 2.16. The van der Waals surface area contributed by atoms with Gasteiger partial charge in [-0.2, -0.15) is 0 Å². The summed E-state index contributed by atoms with van der Waals surface area (Å²) in [6, 6.07) is 9.57. The lowest BCUT2D eigenvalue weighted by Crippen LogP contribution is -1.97. The van der Waals surface area contributed by atoms with Crippen LogP contribution in [0.4, 0.5) is 0 Å². The van der Waals surface area contributed by atoms with Crippen molar-refractivity contribution in [2.24, 2.45) is 0 Å². The first kappa shape index (κ1) is 20.6. The van der Waals surface area contributed by atoms with Gasteiger partial charge in [-0.25, -0.2) is 9.78 Å². The van der Waals surface area contributed by atoms with Crippen LogP contribution in [0.1, 0.15) is 5.56 Å². The summed E-state index contributed by atoms with van der Waals surface area (Å²) in [6.07, 6.45) is 1.30. The van der Waals surface area contributed by atoms with Crippen LogP contribution in [-0.2, 0) is 4.79 Å². The Morgan fingerprint density at radius 1 is 1.17 bits per heavy atom. The van der Waals surface area contributed by atoms with Crippen LogP contribution in [0.2, 0.25) is 5.02 Å². The molecule has 0 amide bonds. The van der Waals surface area contributed by atoms with Crippen LogP contribution in [0, 0.1) is 0 Å². The monoisotopic (exact) mass is 433 g/mol. The maximum absolute atomic E-state index is 11.6. The van der Waals surface area contributed by atoms with Crippen molar-refractivity contribution in [1.29, 1.82) is 0 Å². The zero-order valence-electron chi connectivity index (χ0n) is 15.3. The van der Waals surface area contributed by atoms with E-state index in [2.05, 4.69) is 15.2 Å². The van der Waals surface area contributed by atoms with E-state index in [9.17, 15) is 15.0 Å². The molecule has 0 aliphatic heterocycles. The molecule has 0 unspecified atom stereocenters. The Morgan fingerprint density at radius 3 is 2.48 bits per heavy atom. The summed E-state index contributed by atoms with van der Waals surface area (Å²) in [5.41, 5.74) is 0.935. The van der Waals surface area contributed by atoms with Gasteiger partial charge in [0.15, 0.2) is 5.82 Å². The van der Waals surface area contributed by atoms with Crippen molar-refractivity contribution in [3.05, 3.63) is 51.9 Å². The molecule has 0 bridgehead atoms. The second kappa shape index (κ2) is 8.89. The number of hydrogen-bond acceptors (Lipinski definition) is 7. The number of carboxylic acid groups (broad SMARTS) is 1. The van der Waals surface area contributed by atoms with E-state index in [4.69, 9.17) is 21.1 Å². The quantitative estimate of drug-likeness (QED) is 0.377. The second-order valence-electron chi connectivity index (χ2n) is 5.69. The first-order chi connectivity index (χ1) is 13.9. The molecule has 3 N–H and O–H groups in total. The van der Waals surface area contributed by atoms with E-state index < -0.39 is 5.97 Å². The topological polar surface area (TPSA) is 118 Å². The minimum atomic E-state index is -1.19. The molecule has 3 rings (SSSR count). The van der Waals surface area contributed by atoms with Gasteiger partial charge in [-0.3, -0.25) is 5.10 Å². The van der Waals surface area contributed by atoms with Gasteiger partial charge in [0, 0.05) is 22.2 Å². The van der Waals surface area contributed by atoms with Crippen LogP contribution in [0.25, 0.3) is 17.5 Å². The maximum Gasteiger partial charge on any atom is 0.342 e. The number of hydrogen-bond donors (Lipinski definition) is 3. The van der Waals surface area contributed by atoms with Gasteiger partial charge >= 0.3 is 5.97 Å². The fourth-order valence-corrected chi connectivity index (χ4v) is 3.26. The molecule has 0 atom stereocenters. The van der Waals surface area contributed by atoms with Crippen molar-refractivity contribution in [3.63, 3.8) is 0 Å². The number of methoxy groups -OCH3 is 2. The van der Waals surface area contributed by atoms with Crippen molar-refractivity contribution < 1.29 is 24.5 Å². The number of carbonyl (C=O) groups is 1. The number of carboxylic acids is 1. The van der Waals surface area contributed by atoms with Crippen molar-refractivity contribution >= 4 is 35.4 Å². The van der Waals surface area contributed by atoms with Gasteiger partial charge < -0.3 is 19.7 Å². The molecular weight excluding hydrogens is 418 g/mol. The van der Waals surface area contributed by atoms with Crippen LogP contribution >= 0.6 is 23.4 Å². The summed E-state index contributed by atoms with van der Waals surface area (Å²) in [6.45, 7) is 0. The summed E-state index contributed by atoms with van der Waals surface area (Å²) in [7, 11) is 3.07. The smallest absolute Gasteiger partial charge is 0.342 e. The normalized spacial score (nSPS) is 11.3. The number of phenols is 1. The average Bonchev–Trinajstić information content (AvgIpc) is 3.18. The van der Waals surface area contributed by atoms with Crippen molar-refractivity contribution in [1.82, 2.24) is 15.2 Å². The molecule has 1 heterocycles. The number of ether oxygens (including phenoxy) is 2. The molecule has 0 saturated carbocycles. The van der Waals surface area contributed by atoms with Gasteiger partial charge in [0.25, 0.3) is 0 Å². The minimum Gasteiger partial charge on any atom is -0.507 e. The molecule has 0 aliphatic rings. The lowest BCUT2D eigenvalue weighted by atomic mass is 10.2. The van der Waals surface area contributed by atoms with Crippen LogP contribution in [-0.4, -0.2) is 45.6 Å². The number of halogens is 1. The molecule has 1 aromatic heterocycles. The number of aromatic nitrogens is 3. The third-order valence-corrected chi connectivity index (χ3v) is 4.89. The number of nitrogens with one attached hydrogen (secondary N) is 1. The lowest BCUT2D eigenvalue weighted by molar-refractivity contribution is -0.131. The van der Waals surface area contributed by atoms with Crippen LogP contribution in [0.15, 0.2) is 46.5 Å². The van der Waals surface area contributed by atoms with E-state index in [1.165, 1.54) is 38.5 Å². The Balaban J connectivity index is 1.90. The fraction of sp³-hybridized carbons (Fsp3) is 0.105. The number of H-pyrrole nitrogens is 1. The molecule has 150 valence electrons. The summed E-state index contributed by atoms with van der Waals surface area (Å²) < 4.78 is 10.5. The highest BCUT2D eigenvalue weighted by Crippen LogP contribution is 2.32. The number of phenolic OH excluding ortho intramolecular Hbond substituents is 1. The first-order valence-electron chi connectivity index (χ1n) is 8.17. The molecule has 2 aromatic carbocycles. The number of nitrogens with zero attached hydrogens (tertiary/aromatic N) is 2. The summed E-state index contributed by atoms with van der Waals surface area (Å²) in [5, 5.41) is 26.8. The van der Waals surface area contributed by atoms with Crippen molar-refractivity contribution in [2.45, 2.75) is 5.16 Å². The van der Waals surface area contributed by atoms with Gasteiger partial charge in [0.2, 0.25) is 5.16 Å². The zero-order valence-corrected chi connectivity index (χ0v) is 16.9. The van der Waals surface area contributed by atoms with E-state index in [0.29, 0.717) is 27.9 Å². The predicted molar refractivity (Wildman–Crippen MR) is 110 cm³/mol. The molecule has 0 fully saturated rings. The van der Waals surface area contributed by atoms with E-state index in [1.54, 1.807) is 18.2 Å². The van der Waals surface area contributed by atoms with Crippen molar-refractivity contribution in [2.75, 3.05) is 14.2 Å².